The fourth-order valence-corrected chi connectivity index (χ4v) is 2.43. The Morgan fingerprint density at radius 1 is 1.37 bits per heavy atom. The van der Waals surface area contributed by atoms with Gasteiger partial charge in [-0.1, -0.05) is 32.9 Å². The van der Waals surface area contributed by atoms with E-state index >= 15 is 0 Å². The summed E-state index contributed by atoms with van der Waals surface area (Å²) in [5.74, 6) is -0.392. The average molecular weight is 277 g/mol. The van der Waals surface area contributed by atoms with E-state index < -0.39 is 5.25 Å². The zero-order chi connectivity index (χ0) is 14.2. The van der Waals surface area contributed by atoms with E-state index in [4.69, 9.17) is 0 Å². The van der Waals surface area contributed by atoms with Gasteiger partial charge in [-0.3, -0.25) is 9.59 Å². The van der Waals surface area contributed by atoms with Crippen LogP contribution in [0.2, 0.25) is 0 Å². The van der Waals surface area contributed by atoms with Gasteiger partial charge in [-0.25, -0.2) is 4.90 Å². The molecular formula is C15H19NO2S. The van der Waals surface area contributed by atoms with Crippen LogP contribution in [0.3, 0.4) is 0 Å². The summed E-state index contributed by atoms with van der Waals surface area (Å²) < 4.78 is 0. The van der Waals surface area contributed by atoms with Crippen LogP contribution in [0, 0.1) is 0 Å². The summed E-state index contributed by atoms with van der Waals surface area (Å²) in [6.07, 6.45) is 1.18. The van der Waals surface area contributed by atoms with Crippen molar-refractivity contribution in [2.24, 2.45) is 0 Å². The third kappa shape index (κ3) is 2.54. The van der Waals surface area contributed by atoms with E-state index in [0.29, 0.717) is 5.69 Å². The number of thiol groups is 1. The van der Waals surface area contributed by atoms with Gasteiger partial charge < -0.3 is 0 Å². The molecule has 1 aromatic carbocycles. The van der Waals surface area contributed by atoms with E-state index in [1.807, 2.05) is 18.2 Å². The topological polar surface area (TPSA) is 37.4 Å². The quantitative estimate of drug-likeness (QED) is 0.681. The molecule has 1 aliphatic rings. The van der Waals surface area contributed by atoms with E-state index in [0.717, 1.165) is 12.0 Å². The van der Waals surface area contributed by atoms with Crippen LogP contribution in [-0.4, -0.2) is 17.1 Å². The second kappa shape index (κ2) is 5.00. The molecule has 1 atom stereocenters. The van der Waals surface area contributed by atoms with Gasteiger partial charge in [0.15, 0.2) is 0 Å². The van der Waals surface area contributed by atoms with Gasteiger partial charge in [-0.05, 0) is 29.5 Å². The number of carbonyl (C=O) groups is 2. The van der Waals surface area contributed by atoms with Crippen LogP contribution in [0.5, 0.6) is 0 Å². The zero-order valence-electron chi connectivity index (χ0n) is 11.5. The second-order valence-electron chi connectivity index (χ2n) is 5.58. The van der Waals surface area contributed by atoms with Crippen molar-refractivity contribution in [2.75, 3.05) is 4.90 Å². The highest BCUT2D eigenvalue weighted by Crippen LogP contribution is 2.32. The molecule has 1 saturated heterocycles. The summed E-state index contributed by atoms with van der Waals surface area (Å²) in [6.45, 7) is 6.44. The maximum atomic E-state index is 12.0. The molecule has 0 saturated carbocycles. The van der Waals surface area contributed by atoms with Crippen LogP contribution in [0.1, 0.15) is 39.2 Å². The Hall–Kier alpha value is -1.29. The Bertz CT molecular complexity index is 525. The number of anilines is 1. The van der Waals surface area contributed by atoms with E-state index in [2.05, 4.69) is 33.4 Å². The molecule has 19 heavy (non-hydrogen) atoms. The maximum absolute atomic E-state index is 12.0. The lowest BCUT2D eigenvalue weighted by Crippen LogP contribution is -2.31. The first-order chi connectivity index (χ1) is 8.86. The lowest BCUT2D eigenvalue weighted by molar-refractivity contribution is -0.121. The normalized spacial score (nSPS) is 20.2. The van der Waals surface area contributed by atoms with Crippen molar-refractivity contribution in [3.8, 4) is 0 Å². The number of carbonyl (C=O) groups excluding carboxylic acids is 2. The molecule has 1 aliphatic heterocycles. The fraction of sp³-hybridized carbons (Fsp3) is 0.467. The van der Waals surface area contributed by atoms with E-state index in [-0.39, 0.29) is 23.7 Å². The molecular weight excluding hydrogens is 258 g/mol. The number of rotatable bonds is 3. The largest absolute Gasteiger partial charge is 0.274 e. The summed E-state index contributed by atoms with van der Waals surface area (Å²) in [6, 6.07) is 7.67. The molecule has 2 rings (SSSR count). The van der Waals surface area contributed by atoms with Crippen LogP contribution < -0.4 is 4.90 Å². The lowest BCUT2D eigenvalue weighted by atomic mass is 9.82. The first-order valence-electron chi connectivity index (χ1n) is 6.52. The summed E-state index contributed by atoms with van der Waals surface area (Å²) in [4.78, 5) is 25.1. The summed E-state index contributed by atoms with van der Waals surface area (Å²) >= 11 is 4.15. The molecule has 0 radical (unpaired) electrons. The predicted molar refractivity (Wildman–Crippen MR) is 79.6 cm³/mol. The van der Waals surface area contributed by atoms with Crippen molar-refractivity contribution >= 4 is 30.1 Å². The van der Waals surface area contributed by atoms with Crippen LogP contribution in [-0.2, 0) is 15.0 Å². The standard InChI is InChI=1S/C15H19NO2S/c1-4-15(2,3)10-6-5-7-11(8-10)16-13(17)9-12(19)14(16)18/h5-8,12,19H,4,9H2,1-3H3. The predicted octanol–water partition coefficient (Wildman–Crippen LogP) is 2.94. The van der Waals surface area contributed by atoms with Gasteiger partial charge in [0.05, 0.1) is 10.9 Å². The molecule has 0 bridgehead atoms. The van der Waals surface area contributed by atoms with E-state index in [1.54, 1.807) is 6.07 Å². The van der Waals surface area contributed by atoms with Gasteiger partial charge in [0.2, 0.25) is 11.8 Å². The molecule has 2 amide bonds. The first kappa shape index (κ1) is 14.1. The van der Waals surface area contributed by atoms with Crippen LogP contribution in [0.15, 0.2) is 24.3 Å². The van der Waals surface area contributed by atoms with E-state index in [9.17, 15) is 9.59 Å². The molecule has 0 spiro atoms. The van der Waals surface area contributed by atoms with Crippen LogP contribution >= 0.6 is 12.6 Å². The number of nitrogens with zero attached hydrogens (tertiary/aromatic N) is 1. The van der Waals surface area contributed by atoms with Crippen LogP contribution in [0.25, 0.3) is 0 Å². The highest BCUT2D eigenvalue weighted by atomic mass is 32.1. The van der Waals surface area contributed by atoms with Crippen molar-refractivity contribution < 1.29 is 9.59 Å². The van der Waals surface area contributed by atoms with Gasteiger partial charge in [0.25, 0.3) is 0 Å². The minimum atomic E-state index is -0.504. The number of hydrogen-bond acceptors (Lipinski definition) is 3. The lowest BCUT2D eigenvalue weighted by Gasteiger charge is -2.25. The summed E-state index contributed by atoms with van der Waals surface area (Å²) in [5, 5.41) is -0.504. The van der Waals surface area contributed by atoms with Crippen molar-refractivity contribution in [1.82, 2.24) is 0 Å². The number of hydrogen-bond donors (Lipinski definition) is 1. The minimum Gasteiger partial charge on any atom is -0.274 e. The fourth-order valence-electron chi connectivity index (χ4n) is 2.16. The molecule has 3 nitrogen and oxygen atoms in total. The molecule has 4 heteroatoms. The molecule has 0 N–H and O–H groups in total. The molecule has 0 aliphatic carbocycles. The van der Waals surface area contributed by atoms with Crippen molar-refractivity contribution in [1.29, 1.82) is 0 Å². The number of benzene rings is 1. The van der Waals surface area contributed by atoms with Crippen LogP contribution in [0.4, 0.5) is 5.69 Å². The Labute approximate surface area is 119 Å². The Kier molecular flexibility index (Phi) is 3.72. The van der Waals surface area contributed by atoms with Gasteiger partial charge >= 0.3 is 0 Å². The Morgan fingerprint density at radius 3 is 2.58 bits per heavy atom. The monoisotopic (exact) mass is 277 g/mol. The highest BCUT2D eigenvalue weighted by molar-refractivity contribution is 7.82. The minimum absolute atomic E-state index is 0.0300. The number of amides is 2. The average Bonchev–Trinajstić information content (AvgIpc) is 2.63. The Morgan fingerprint density at radius 2 is 2.05 bits per heavy atom. The van der Waals surface area contributed by atoms with Crippen molar-refractivity contribution in [3.05, 3.63) is 29.8 Å². The Balaban J connectivity index is 2.40. The second-order valence-corrected chi connectivity index (χ2v) is 6.20. The van der Waals surface area contributed by atoms with Crippen molar-refractivity contribution in [2.45, 2.75) is 44.3 Å². The van der Waals surface area contributed by atoms with Crippen molar-refractivity contribution in [3.63, 3.8) is 0 Å². The van der Waals surface area contributed by atoms with Gasteiger partial charge in [-0.2, -0.15) is 12.6 Å². The molecule has 1 unspecified atom stereocenters. The van der Waals surface area contributed by atoms with Gasteiger partial charge in [0, 0.05) is 6.42 Å². The molecule has 1 aromatic rings. The van der Waals surface area contributed by atoms with Gasteiger partial charge in [-0.15, -0.1) is 0 Å². The SMILES string of the molecule is CCC(C)(C)c1cccc(N2C(=O)CC(S)C2=O)c1. The molecule has 102 valence electrons. The molecule has 0 aromatic heterocycles. The first-order valence-corrected chi connectivity index (χ1v) is 7.04. The molecule has 1 heterocycles. The summed E-state index contributed by atoms with van der Waals surface area (Å²) in [7, 11) is 0. The molecule has 1 fully saturated rings. The van der Waals surface area contributed by atoms with Gasteiger partial charge in [0.1, 0.15) is 0 Å². The zero-order valence-corrected chi connectivity index (χ0v) is 12.4. The highest BCUT2D eigenvalue weighted by Gasteiger charge is 2.37. The smallest absolute Gasteiger partial charge is 0.247 e. The maximum Gasteiger partial charge on any atom is 0.247 e. The third-order valence-corrected chi connectivity index (χ3v) is 4.30. The van der Waals surface area contributed by atoms with E-state index in [1.165, 1.54) is 4.90 Å². The summed E-state index contributed by atoms with van der Waals surface area (Å²) in [5.41, 5.74) is 1.82. The third-order valence-electron chi connectivity index (χ3n) is 3.89. The number of imide groups is 1.